The molecule has 1 N–H and O–H groups in total. The zero-order valence-corrected chi connectivity index (χ0v) is 13.9. The summed E-state index contributed by atoms with van der Waals surface area (Å²) in [6, 6.07) is 17.0. The first-order chi connectivity index (χ1) is 12.3. The van der Waals surface area contributed by atoms with E-state index in [0.717, 1.165) is 16.3 Å². The Kier molecular flexibility index (Phi) is 4.05. The first-order valence-corrected chi connectivity index (χ1v) is 8.40. The van der Waals surface area contributed by atoms with E-state index >= 15 is 0 Å². The second-order valence-corrected chi connectivity index (χ2v) is 6.23. The normalized spacial score (nSPS) is 10.6. The molecule has 25 heavy (non-hydrogen) atoms. The molecule has 4 aromatic rings. The molecule has 0 bridgehead atoms. The van der Waals surface area contributed by atoms with Gasteiger partial charge in [0.1, 0.15) is 5.01 Å². The van der Waals surface area contributed by atoms with E-state index in [4.69, 9.17) is 0 Å². The molecule has 0 saturated heterocycles. The Morgan fingerprint density at radius 3 is 2.52 bits per heavy atom. The number of carbonyl (C=O) groups is 1. The van der Waals surface area contributed by atoms with Crippen LogP contribution in [0.1, 0.15) is 10.4 Å². The van der Waals surface area contributed by atoms with Crippen molar-refractivity contribution < 1.29 is 4.79 Å². The van der Waals surface area contributed by atoms with Crippen LogP contribution in [0.2, 0.25) is 0 Å². The summed E-state index contributed by atoms with van der Waals surface area (Å²) in [5.74, 6) is -0.215. The summed E-state index contributed by atoms with van der Waals surface area (Å²) in [5, 5.41) is 12.2. The SMILES string of the molecule is O=C(Nc1nnc(-c2ccccc2)s1)c1ccc(-n2ccnc2)cc1. The molecule has 0 atom stereocenters. The van der Waals surface area contributed by atoms with Crippen molar-refractivity contribution in [2.45, 2.75) is 0 Å². The van der Waals surface area contributed by atoms with Gasteiger partial charge in [-0.25, -0.2) is 4.98 Å². The first kappa shape index (κ1) is 15.2. The lowest BCUT2D eigenvalue weighted by Gasteiger charge is -2.04. The summed E-state index contributed by atoms with van der Waals surface area (Å²) in [4.78, 5) is 16.4. The molecule has 4 rings (SSSR count). The Hall–Kier alpha value is -3.32. The Bertz CT molecular complexity index is 978. The van der Waals surface area contributed by atoms with Gasteiger partial charge in [-0.05, 0) is 24.3 Å². The van der Waals surface area contributed by atoms with Gasteiger partial charge < -0.3 is 4.57 Å². The van der Waals surface area contributed by atoms with Crippen LogP contribution in [0.15, 0.2) is 73.3 Å². The van der Waals surface area contributed by atoms with Crippen molar-refractivity contribution in [3.05, 3.63) is 78.9 Å². The summed E-state index contributed by atoms with van der Waals surface area (Å²) in [6.45, 7) is 0. The summed E-state index contributed by atoms with van der Waals surface area (Å²) in [6.07, 6.45) is 5.27. The average molecular weight is 347 g/mol. The fraction of sp³-hybridized carbons (Fsp3) is 0. The summed E-state index contributed by atoms with van der Waals surface area (Å²) >= 11 is 1.34. The Morgan fingerprint density at radius 2 is 1.80 bits per heavy atom. The number of nitrogens with one attached hydrogen (secondary N) is 1. The standard InChI is InChI=1S/C18H13N5OS/c24-16(13-6-8-15(9-7-13)23-11-10-19-12-23)20-18-22-21-17(25-18)14-4-2-1-3-5-14/h1-12H,(H,20,22,24). The van der Waals surface area contributed by atoms with Crippen LogP contribution in [-0.4, -0.2) is 25.7 Å². The van der Waals surface area contributed by atoms with Crippen LogP contribution in [0.3, 0.4) is 0 Å². The average Bonchev–Trinajstić information content (AvgIpc) is 3.35. The summed E-state index contributed by atoms with van der Waals surface area (Å²) < 4.78 is 1.87. The van der Waals surface area contributed by atoms with Crippen LogP contribution in [0, 0.1) is 0 Å². The third kappa shape index (κ3) is 3.31. The molecule has 0 spiro atoms. The van der Waals surface area contributed by atoms with E-state index < -0.39 is 0 Å². The fourth-order valence-corrected chi connectivity index (χ4v) is 3.08. The van der Waals surface area contributed by atoms with Gasteiger partial charge in [-0.1, -0.05) is 41.7 Å². The molecule has 7 heteroatoms. The number of rotatable bonds is 4. The van der Waals surface area contributed by atoms with Crippen LogP contribution in [-0.2, 0) is 0 Å². The van der Waals surface area contributed by atoms with Gasteiger partial charge in [0.15, 0.2) is 0 Å². The van der Waals surface area contributed by atoms with Crippen molar-refractivity contribution in [3.8, 4) is 16.3 Å². The molecule has 6 nitrogen and oxygen atoms in total. The van der Waals surface area contributed by atoms with E-state index in [0.29, 0.717) is 10.7 Å². The zero-order valence-electron chi connectivity index (χ0n) is 13.0. The molecule has 122 valence electrons. The number of amides is 1. The third-order valence-corrected chi connectivity index (χ3v) is 4.49. The molecular formula is C18H13N5OS. The maximum atomic E-state index is 12.4. The zero-order chi connectivity index (χ0) is 17.1. The van der Waals surface area contributed by atoms with Gasteiger partial charge in [-0.15, -0.1) is 10.2 Å². The lowest BCUT2D eigenvalue weighted by atomic mass is 10.2. The van der Waals surface area contributed by atoms with Crippen LogP contribution >= 0.6 is 11.3 Å². The molecule has 2 aromatic carbocycles. The molecule has 0 unspecified atom stereocenters. The highest BCUT2D eigenvalue weighted by Gasteiger charge is 2.11. The maximum absolute atomic E-state index is 12.4. The van der Waals surface area contributed by atoms with E-state index in [-0.39, 0.29) is 5.91 Å². The highest BCUT2D eigenvalue weighted by molar-refractivity contribution is 7.18. The molecule has 0 fully saturated rings. The number of hydrogen-bond donors (Lipinski definition) is 1. The highest BCUT2D eigenvalue weighted by atomic mass is 32.1. The quantitative estimate of drug-likeness (QED) is 0.612. The Labute approximate surface area is 147 Å². The van der Waals surface area contributed by atoms with Crippen LogP contribution in [0.5, 0.6) is 0 Å². The third-order valence-electron chi connectivity index (χ3n) is 3.60. The molecule has 2 heterocycles. The number of anilines is 1. The van der Waals surface area contributed by atoms with E-state index in [2.05, 4.69) is 20.5 Å². The lowest BCUT2D eigenvalue weighted by Crippen LogP contribution is -2.11. The lowest BCUT2D eigenvalue weighted by molar-refractivity contribution is 0.102. The smallest absolute Gasteiger partial charge is 0.257 e. The second-order valence-electron chi connectivity index (χ2n) is 5.25. The van der Waals surface area contributed by atoms with Gasteiger partial charge in [-0.3, -0.25) is 10.1 Å². The maximum Gasteiger partial charge on any atom is 0.257 e. The first-order valence-electron chi connectivity index (χ1n) is 7.58. The number of aromatic nitrogens is 4. The molecular weight excluding hydrogens is 334 g/mol. The van der Waals surface area contributed by atoms with Crippen molar-refractivity contribution in [1.82, 2.24) is 19.7 Å². The number of hydrogen-bond acceptors (Lipinski definition) is 5. The number of benzene rings is 2. The summed E-state index contributed by atoms with van der Waals surface area (Å²) in [7, 11) is 0. The van der Waals surface area contributed by atoms with Gasteiger partial charge in [0.2, 0.25) is 5.13 Å². The molecule has 1 amide bonds. The van der Waals surface area contributed by atoms with Gasteiger partial charge in [-0.2, -0.15) is 0 Å². The largest absolute Gasteiger partial charge is 0.306 e. The second kappa shape index (κ2) is 6.66. The van der Waals surface area contributed by atoms with Gasteiger partial charge in [0, 0.05) is 29.2 Å². The number of carbonyl (C=O) groups excluding carboxylic acids is 1. The van der Waals surface area contributed by atoms with Gasteiger partial charge >= 0.3 is 0 Å². The van der Waals surface area contributed by atoms with Crippen LogP contribution in [0.25, 0.3) is 16.3 Å². The predicted molar refractivity (Wildman–Crippen MR) is 96.9 cm³/mol. The van der Waals surface area contributed by atoms with E-state index in [1.165, 1.54) is 11.3 Å². The van der Waals surface area contributed by atoms with Crippen molar-refractivity contribution in [1.29, 1.82) is 0 Å². The topological polar surface area (TPSA) is 72.7 Å². The van der Waals surface area contributed by atoms with Gasteiger partial charge in [0.05, 0.1) is 6.33 Å². The monoisotopic (exact) mass is 347 g/mol. The van der Waals surface area contributed by atoms with E-state index in [1.807, 2.05) is 53.2 Å². The molecule has 0 saturated carbocycles. The van der Waals surface area contributed by atoms with Crippen molar-refractivity contribution in [3.63, 3.8) is 0 Å². The minimum absolute atomic E-state index is 0.215. The van der Waals surface area contributed by atoms with Crippen LogP contribution < -0.4 is 5.32 Å². The fourth-order valence-electron chi connectivity index (χ4n) is 2.34. The van der Waals surface area contributed by atoms with Gasteiger partial charge in [0.25, 0.3) is 5.91 Å². The van der Waals surface area contributed by atoms with Crippen LogP contribution in [0.4, 0.5) is 5.13 Å². The minimum Gasteiger partial charge on any atom is -0.306 e. The van der Waals surface area contributed by atoms with Crippen molar-refractivity contribution in [2.24, 2.45) is 0 Å². The molecule has 0 radical (unpaired) electrons. The molecule has 0 aliphatic heterocycles. The minimum atomic E-state index is -0.215. The van der Waals surface area contributed by atoms with Crippen molar-refractivity contribution >= 4 is 22.4 Å². The molecule has 2 aromatic heterocycles. The number of imidazole rings is 1. The Balaban J connectivity index is 1.48. The predicted octanol–water partition coefficient (Wildman–Crippen LogP) is 3.64. The van der Waals surface area contributed by atoms with Crippen molar-refractivity contribution in [2.75, 3.05) is 5.32 Å². The number of nitrogens with zero attached hydrogens (tertiary/aromatic N) is 4. The summed E-state index contributed by atoms with van der Waals surface area (Å²) in [5.41, 5.74) is 2.47. The highest BCUT2D eigenvalue weighted by Crippen LogP contribution is 2.26. The van der Waals surface area contributed by atoms with E-state index in [1.54, 1.807) is 24.7 Å². The molecule has 0 aliphatic rings. The van der Waals surface area contributed by atoms with E-state index in [9.17, 15) is 4.79 Å². The molecule has 0 aliphatic carbocycles. The Morgan fingerprint density at radius 1 is 1.00 bits per heavy atom.